The highest BCUT2D eigenvalue weighted by Crippen LogP contribution is 2.50. The van der Waals surface area contributed by atoms with Crippen molar-refractivity contribution < 1.29 is 23.5 Å². The molecule has 0 bridgehead atoms. The summed E-state index contributed by atoms with van der Waals surface area (Å²) in [6.07, 6.45) is 0. The summed E-state index contributed by atoms with van der Waals surface area (Å²) in [4.78, 5) is 0. The molecule has 13 heavy (non-hydrogen) atoms. The van der Waals surface area contributed by atoms with Gasteiger partial charge in [-0.05, 0) is 0 Å². The highest BCUT2D eigenvalue weighted by atomic mass is 31.2. The van der Waals surface area contributed by atoms with Gasteiger partial charge in [0, 0.05) is 5.66 Å². The van der Waals surface area contributed by atoms with Crippen molar-refractivity contribution in [3.63, 3.8) is 0 Å². The summed E-state index contributed by atoms with van der Waals surface area (Å²) in [6, 6.07) is 0. The monoisotopic (exact) mass is 206 g/mol. The van der Waals surface area contributed by atoms with Gasteiger partial charge in [0.05, 0.1) is 26.4 Å². The van der Waals surface area contributed by atoms with Gasteiger partial charge in [-0.2, -0.15) is 0 Å². The van der Waals surface area contributed by atoms with Crippen LogP contribution < -0.4 is 0 Å². The first kappa shape index (κ1) is 10.7. The predicted octanol–water partition coefficient (Wildman–Crippen LogP) is 0.196. The Morgan fingerprint density at radius 1 is 1.46 bits per heavy atom. The molecule has 1 aliphatic rings. The number of aliphatic hydroxyl groups excluding tert-OH is 1. The Balaban J connectivity index is 2.25. The lowest BCUT2D eigenvalue weighted by molar-refractivity contribution is 0.115. The van der Waals surface area contributed by atoms with E-state index >= 15 is 0 Å². The molecule has 0 aromatic heterocycles. The van der Waals surface area contributed by atoms with Crippen molar-refractivity contribution in [2.75, 3.05) is 33.0 Å². The second-order valence-corrected chi connectivity index (χ2v) is 3.96. The second-order valence-electron chi connectivity index (χ2n) is 2.23. The molecule has 0 amide bonds. The lowest BCUT2D eigenvalue weighted by Crippen LogP contribution is -1.98. The molecule has 0 spiro atoms. The third-order valence-electron chi connectivity index (χ3n) is 1.23. The van der Waals surface area contributed by atoms with E-state index in [4.69, 9.17) is 18.9 Å². The van der Waals surface area contributed by atoms with Crippen LogP contribution in [0.15, 0.2) is 0 Å². The molecular formula is C7H11O5P. The van der Waals surface area contributed by atoms with Gasteiger partial charge in [0.15, 0.2) is 0 Å². The van der Waals surface area contributed by atoms with E-state index in [2.05, 4.69) is 11.6 Å². The molecule has 5 nitrogen and oxygen atoms in total. The maximum Gasteiger partial charge on any atom is 0.405 e. The Morgan fingerprint density at radius 2 is 2.15 bits per heavy atom. The zero-order valence-corrected chi connectivity index (χ0v) is 7.96. The van der Waals surface area contributed by atoms with E-state index in [1.807, 2.05) is 0 Å². The number of aliphatic hydroxyl groups is 1. The summed E-state index contributed by atoms with van der Waals surface area (Å²) in [5.74, 6) is 2.51. The van der Waals surface area contributed by atoms with Gasteiger partial charge in [-0.25, -0.2) is 4.57 Å². The summed E-state index contributed by atoms with van der Waals surface area (Å²) in [5, 5.41) is 8.35. The van der Waals surface area contributed by atoms with Crippen LogP contribution in [-0.4, -0.2) is 38.1 Å². The van der Waals surface area contributed by atoms with Crippen molar-refractivity contribution in [2.24, 2.45) is 0 Å². The van der Waals surface area contributed by atoms with Gasteiger partial charge in [0.25, 0.3) is 0 Å². The largest absolute Gasteiger partial charge is 0.405 e. The van der Waals surface area contributed by atoms with Crippen LogP contribution in [-0.2, 0) is 18.3 Å². The minimum atomic E-state index is -3.12. The molecule has 0 aromatic carbocycles. The molecule has 1 saturated heterocycles. The normalized spacial score (nSPS) is 19.5. The first-order valence-corrected chi connectivity index (χ1v) is 5.39. The fourth-order valence-electron chi connectivity index (χ4n) is 0.734. The summed E-state index contributed by atoms with van der Waals surface area (Å²) < 4.78 is 25.8. The van der Waals surface area contributed by atoms with E-state index in [1.54, 1.807) is 0 Å². The quantitative estimate of drug-likeness (QED) is 0.406. The van der Waals surface area contributed by atoms with Crippen molar-refractivity contribution >= 4 is 7.60 Å². The topological polar surface area (TPSA) is 65.0 Å². The molecule has 1 aliphatic heterocycles. The molecule has 0 unspecified atom stereocenters. The fraction of sp³-hybridized carbons (Fsp3) is 0.714. The summed E-state index contributed by atoms with van der Waals surface area (Å²) in [6.45, 7) is 0.942. The van der Waals surface area contributed by atoms with Crippen LogP contribution in [0.4, 0.5) is 0 Å². The van der Waals surface area contributed by atoms with Gasteiger partial charge in [-0.1, -0.05) is 5.92 Å². The van der Waals surface area contributed by atoms with Crippen molar-refractivity contribution in [1.29, 1.82) is 0 Å². The van der Waals surface area contributed by atoms with Gasteiger partial charge in [-0.3, -0.25) is 9.05 Å². The van der Waals surface area contributed by atoms with E-state index in [0.717, 1.165) is 0 Å². The Morgan fingerprint density at radius 3 is 2.77 bits per heavy atom. The van der Waals surface area contributed by atoms with Crippen LogP contribution >= 0.6 is 7.60 Å². The first-order valence-electron chi connectivity index (χ1n) is 3.85. The zero-order valence-electron chi connectivity index (χ0n) is 7.06. The van der Waals surface area contributed by atoms with Gasteiger partial charge >= 0.3 is 7.60 Å². The van der Waals surface area contributed by atoms with Crippen molar-refractivity contribution in [3.05, 3.63) is 0 Å². The van der Waals surface area contributed by atoms with Crippen LogP contribution in [0.3, 0.4) is 0 Å². The molecular weight excluding hydrogens is 195 g/mol. The molecule has 1 heterocycles. The first-order chi connectivity index (χ1) is 6.27. The Bertz CT molecular complexity index is 243. The number of hydrogen-bond donors (Lipinski definition) is 1. The third-order valence-corrected chi connectivity index (χ3v) is 2.71. The molecule has 1 rings (SSSR count). The average molecular weight is 206 g/mol. The smallest absolute Gasteiger partial charge is 0.394 e. The summed E-state index contributed by atoms with van der Waals surface area (Å²) in [5.41, 5.74) is 2.37. The highest BCUT2D eigenvalue weighted by Gasteiger charge is 2.27. The molecule has 0 radical (unpaired) electrons. The van der Waals surface area contributed by atoms with Gasteiger partial charge in [0.1, 0.15) is 6.61 Å². The molecule has 0 saturated carbocycles. The van der Waals surface area contributed by atoms with E-state index in [-0.39, 0.29) is 19.8 Å². The van der Waals surface area contributed by atoms with Crippen molar-refractivity contribution in [1.82, 2.24) is 0 Å². The van der Waals surface area contributed by atoms with E-state index in [9.17, 15) is 4.57 Å². The highest BCUT2D eigenvalue weighted by molar-refractivity contribution is 7.59. The van der Waals surface area contributed by atoms with E-state index < -0.39 is 7.60 Å². The molecule has 0 atom stereocenters. The van der Waals surface area contributed by atoms with E-state index in [0.29, 0.717) is 13.2 Å². The Labute approximate surface area is 76.5 Å². The van der Waals surface area contributed by atoms with Crippen molar-refractivity contribution in [2.45, 2.75) is 0 Å². The second kappa shape index (κ2) is 5.38. The fourth-order valence-corrected chi connectivity index (χ4v) is 1.83. The number of hydrogen-bond acceptors (Lipinski definition) is 5. The molecule has 74 valence electrons. The van der Waals surface area contributed by atoms with Gasteiger partial charge < -0.3 is 9.84 Å². The predicted molar refractivity (Wildman–Crippen MR) is 45.2 cm³/mol. The Hall–Kier alpha value is -0.370. The standard InChI is InChI=1S/C7H11O5P/c8-2-4-10-3-1-7-13(9)11-5-6-12-13/h8H,2-6H2. The maximum absolute atomic E-state index is 11.3. The molecule has 0 aliphatic carbocycles. The lowest BCUT2D eigenvalue weighted by atomic mass is 10.7. The zero-order chi connectivity index (χ0) is 9.57. The average Bonchev–Trinajstić information content (AvgIpc) is 2.53. The Kier molecular flexibility index (Phi) is 4.43. The molecule has 1 fully saturated rings. The lowest BCUT2D eigenvalue weighted by Gasteiger charge is -1.98. The SMILES string of the molecule is O=P1(C#CCOCCO)OCCO1. The molecule has 6 heteroatoms. The third kappa shape index (κ3) is 3.90. The van der Waals surface area contributed by atoms with Crippen LogP contribution in [0, 0.1) is 11.6 Å². The van der Waals surface area contributed by atoms with Crippen LogP contribution in [0.1, 0.15) is 0 Å². The van der Waals surface area contributed by atoms with Gasteiger partial charge in [-0.15, -0.1) is 0 Å². The van der Waals surface area contributed by atoms with Gasteiger partial charge in [0.2, 0.25) is 0 Å². The minimum absolute atomic E-state index is 0.0493. The minimum Gasteiger partial charge on any atom is -0.394 e. The van der Waals surface area contributed by atoms with Crippen LogP contribution in [0.2, 0.25) is 0 Å². The number of ether oxygens (including phenoxy) is 1. The molecule has 0 aromatic rings. The maximum atomic E-state index is 11.3. The van der Waals surface area contributed by atoms with Crippen LogP contribution in [0.25, 0.3) is 0 Å². The number of rotatable bonds is 3. The summed E-state index contributed by atoms with van der Waals surface area (Å²) >= 11 is 0. The van der Waals surface area contributed by atoms with Crippen LogP contribution in [0.5, 0.6) is 0 Å². The van der Waals surface area contributed by atoms with E-state index in [1.165, 1.54) is 0 Å². The molecule has 1 N–H and O–H groups in total. The summed E-state index contributed by atoms with van der Waals surface area (Å²) in [7, 11) is -3.12. The van der Waals surface area contributed by atoms with Crippen molar-refractivity contribution in [3.8, 4) is 11.6 Å².